The molecule has 0 unspecified atom stereocenters. The quantitative estimate of drug-likeness (QED) is 0.838. The summed E-state index contributed by atoms with van der Waals surface area (Å²) in [5.74, 6) is 0.409. The second-order valence-corrected chi connectivity index (χ2v) is 6.95. The number of hydrogen-bond donors (Lipinski definition) is 2. The van der Waals surface area contributed by atoms with Gasteiger partial charge in [0, 0.05) is 11.3 Å². The van der Waals surface area contributed by atoms with Gasteiger partial charge in [0.25, 0.3) is 5.91 Å². The topological polar surface area (TPSA) is 98.5 Å². The Morgan fingerprint density at radius 2 is 1.71 bits per heavy atom. The molecular weight excluding hydrogens is 328 g/mol. The molecule has 1 atom stereocenters. The summed E-state index contributed by atoms with van der Waals surface area (Å²) < 4.78 is 28.1. The van der Waals surface area contributed by atoms with Gasteiger partial charge in [0.1, 0.15) is 5.75 Å². The minimum absolute atomic E-state index is 0.00737. The Hall–Kier alpha value is -2.38. The number of primary sulfonamides is 1. The van der Waals surface area contributed by atoms with E-state index in [-0.39, 0.29) is 16.9 Å². The van der Waals surface area contributed by atoms with Gasteiger partial charge >= 0.3 is 0 Å². The van der Waals surface area contributed by atoms with Crippen LogP contribution in [0.5, 0.6) is 5.75 Å². The summed E-state index contributed by atoms with van der Waals surface area (Å²) in [5.41, 5.74) is 0.953. The van der Waals surface area contributed by atoms with Gasteiger partial charge in [-0.15, -0.1) is 0 Å². The van der Waals surface area contributed by atoms with Gasteiger partial charge < -0.3 is 10.1 Å². The summed E-state index contributed by atoms with van der Waals surface area (Å²) in [5, 5.41) is 7.72. The van der Waals surface area contributed by atoms with E-state index in [0.29, 0.717) is 17.0 Å². The maximum absolute atomic E-state index is 12.2. The molecule has 0 aliphatic carbocycles. The second-order valence-electron chi connectivity index (χ2n) is 5.38. The second kappa shape index (κ2) is 7.46. The summed E-state index contributed by atoms with van der Waals surface area (Å²) in [6, 6.07) is 12.5. The lowest BCUT2D eigenvalue weighted by Crippen LogP contribution is -2.14. The zero-order chi connectivity index (χ0) is 17.7. The number of nitrogens with two attached hydrogens (primary N) is 1. The molecule has 0 spiro atoms. The number of sulfonamides is 1. The number of carbonyl (C=O) groups excluding carboxylic acids is 1. The van der Waals surface area contributed by atoms with E-state index in [9.17, 15) is 13.2 Å². The summed E-state index contributed by atoms with van der Waals surface area (Å²) in [7, 11) is -3.74. The van der Waals surface area contributed by atoms with Crippen LogP contribution in [0.3, 0.4) is 0 Å². The van der Waals surface area contributed by atoms with Crippen LogP contribution >= 0.6 is 0 Å². The van der Waals surface area contributed by atoms with Crippen molar-refractivity contribution in [2.24, 2.45) is 5.14 Å². The molecular formula is C17H20N2O4S. The first-order valence-corrected chi connectivity index (χ1v) is 9.05. The fourth-order valence-corrected chi connectivity index (χ4v) is 2.45. The molecule has 128 valence electrons. The van der Waals surface area contributed by atoms with Crippen molar-refractivity contribution < 1.29 is 17.9 Å². The van der Waals surface area contributed by atoms with Gasteiger partial charge in [0.15, 0.2) is 0 Å². The van der Waals surface area contributed by atoms with Crippen LogP contribution in [0.25, 0.3) is 0 Å². The van der Waals surface area contributed by atoms with Gasteiger partial charge in [-0.05, 0) is 61.9 Å². The fraction of sp³-hybridized carbons (Fsp3) is 0.235. The van der Waals surface area contributed by atoms with Crippen molar-refractivity contribution in [2.75, 3.05) is 5.32 Å². The molecule has 0 fully saturated rings. The van der Waals surface area contributed by atoms with Crippen molar-refractivity contribution >= 4 is 21.6 Å². The summed E-state index contributed by atoms with van der Waals surface area (Å²) in [6.45, 7) is 4.01. The van der Waals surface area contributed by atoms with E-state index in [1.54, 1.807) is 24.3 Å². The van der Waals surface area contributed by atoms with Crippen LogP contribution in [-0.4, -0.2) is 20.4 Å². The lowest BCUT2D eigenvalue weighted by Gasteiger charge is -2.12. The molecule has 2 rings (SSSR count). The number of ether oxygens (including phenoxy) is 1. The van der Waals surface area contributed by atoms with Crippen molar-refractivity contribution in [3.05, 3.63) is 54.1 Å². The SMILES string of the molecule is CC[C@@H](C)Oc1ccc(C(=O)Nc2ccc(S(N)(=O)=O)cc2)cc1. The number of nitrogens with one attached hydrogen (secondary N) is 1. The van der Waals surface area contributed by atoms with Gasteiger partial charge in [0.2, 0.25) is 10.0 Å². The molecule has 1 amide bonds. The molecule has 0 saturated heterocycles. The van der Waals surface area contributed by atoms with Gasteiger partial charge in [-0.3, -0.25) is 4.79 Å². The minimum atomic E-state index is -3.74. The maximum Gasteiger partial charge on any atom is 0.255 e. The Labute approximate surface area is 141 Å². The normalized spacial score (nSPS) is 12.5. The summed E-state index contributed by atoms with van der Waals surface area (Å²) in [4.78, 5) is 12.2. The van der Waals surface area contributed by atoms with Gasteiger partial charge in [-0.1, -0.05) is 6.92 Å². The Morgan fingerprint density at radius 3 is 2.21 bits per heavy atom. The van der Waals surface area contributed by atoms with Gasteiger partial charge in [-0.25, -0.2) is 13.6 Å². The third-order valence-corrected chi connectivity index (χ3v) is 4.40. The first-order chi connectivity index (χ1) is 11.3. The van der Waals surface area contributed by atoms with Crippen LogP contribution in [0.15, 0.2) is 53.4 Å². The van der Waals surface area contributed by atoms with Gasteiger partial charge in [0.05, 0.1) is 11.0 Å². The molecule has 0 bridgehead atoms. The van der Waals surface area contributed by atoms with Crippen LogP contribution in [-0.2, 0) is 10.0 Å². The lowest BCUT2D eigenvalue weighted by molar-refractivity contribution is 0.102. The Kier molecular flexibility index (Phi) is 5.58. The van der Waals surface area contributed by atoms with Crippen LogP contribution < -0.4 is 15.2 Å². The van der Waals surface area contributed by atoms with Crippen LogP contribution in [0.1, 0.15) is 30.6 Å². The van der Waals surface area contributed by atoms with Crippen LogP contribution in [0, 0.1) is 0 Å². The lowest BCUT2D eigenvalue weighted by atomic mass is 10.2. The highest BCUT2D eigenvalue weighted by molar-refractivity contribution is 7.89. The van der Waals surface area contributed by atoms with E-state index < -0.39 is 10.0 Å². The van der Waals surface area contributed by atoms with Crippen LogP contribution in [0.4, 0.5) is 5.69 Å². The number of anilines is 1. The summed E-state index contributed by atoms with van der Waals surface area (Å²) in [6.07, 6.45) is 1.01. The van der Waals surface area contributed by atoms with E-state index >= 15 is 0 Å². The Morgan fingerprint density at radius 1 is 1.12 bits per heavy atom. The van der Waals surface area contributed by atoms with E-state index in [1.807, 2.05) is 13.8 Å². The highest BCUT2D eigenvalue weighted by atomic mass is 32.2. The largest absolute Gasteiger partial charge is 0.491 e. The molecule has 0 heterocycles. The molecule has 0 aliphatic rings. The maximum atomic E-state index is 12.2. The van der Waals surface area contributed by atoms with E-state index in [1.165, 1.54) is 24.3 Å². The van der Waals surface area contributed by atoms with Crippen molar-refractivity contribution in [1.82, 2.24) is 0 Å². The Bertz CT molecular complexity index is 799. The fourth-order valence-electron chi connectivity index (χ4n) is 1.93. The molecule has 0 aromatic heterocycles. The van der Waals surface area contributed by atoms with Crippen LogP contribution in [0.2, 0.25) is 0 Å². The predicted octanol–water partition coefficient (Wildman–Crippen LogP) is 2.76. The third kappa shape index (κ3) is 4.81. The van der Waals surface area contributed by atoms with E-state index in [4.69, 9.17) is 9.88 Å². The molecule has 6 nitrogen and oxygen atoms in total. The number of benzene rings is 2. The zero-order valence-corrected chi connectivity index (χ0v) is 14.3. The highest BCUT2D eigenvalue weighted by Gasteiger charge is 2.10. The van der Waals surface area contributed by atoms with Crippen molar-refractivity contribution in [3.8, 4) is 5.75 Å². The predicted molar refractivity (Wildman–Crippen MR) is 92.6 cm³/mol. The molecule has 0 aliphatic heterocycles. The van der Waals surface area contributed by atoms with Gasteiger partial charge in [-0.2, -0.15) is 0 Å². The number of amides is 1. The first kappa shape index (κ1) is 18.0. The molecule has 2 aromatic rings. The number of hydrogen-bond acceptors (Lipinski definition) is 4. The zero-order valence-electron chi connectivity index (χ0n) is 13.5. The highest BCUT2D eigenvalue weighted by Crippen LogP contribution is 2.17. The van der Waals surface area contributed by atoms with Crippen molar-refractivity contribution in [2.45, 2.75) is 31.3 Å². The average molecular weight is 348 g/mol. The monoisotopic (exact) mass is 348 g/mol. The number of carbonyl (C=O) groups is 1. The smallest absolute Gasteiger partial charge is 0.255 e. The number of rotatable bonds is 6. The average Bonchev–Trinajstić information content (AvgIpc) is 2.55. The Balaban J connectivity index is 2.04. The molecule has 0 radical (unpaired) electrons. The van der Waals surface area contributed by atoms with E-state index in [2.05, 4.69) is 5.32 Å². The van der Waals surface area contributed by atoms with Crippen molar-refractivity contribution in [3.63, 3.8) is 0 Å². The van der Waals surface area contributed by atoms with Crippen molar-refractivity contribution in [1.29, 1.82) is 0 Å². The molecule has 7 heteroatoms. The molecule has 24 heavy (non-hydrogen) atoms. The van der Waals surface area contributed by atoms with E-state index in [0.717, 1.165) is 6.42 Å². The summed E-state index contributed by atoms with van der Waals surface area (Å²) >= 11 is 0. The standard InChI is InChI=1S/C17H20N2O4S/c1-3-12(2)23-15-8-4-13(5-9-15)17(20)19-14-6-10-16(11-7-14)24(18,21)22/h4-12H,3H2,1-2H3,(H,19,20)(H2,18,21,22)/t12-/m1/s1. The molecule has 3 N–H and O–H groups in total. The third-order valence-electron chi connectivity index (χ3n) is 3.47. The minimum Gasteiger partial charge on any atom is -0.491 e. The first-order valence-electron chi connectivity index (χ1n) is 7.50. The molecule has 0 saturated carbocycles. The molecule has 2 aromatic carbocycles.